The lowest BCUT2D eigenvalue weighted by Crippen LogP contribution is -2.46. The van der Waals surface area contributed by atoms with Gasteiger partial charge < -0.3 is 9.84 Å². The van der Waals surface area contributed by atoms with Crippen molar-refractivity contribution in [3.63, 3.8) is 0 Å². The number of aryl methyl sites for hydroxylation is 1. The lowest BCUT2D eigenvalue weighted by Gasteiger charge is -2.22. The maximum atomic E-state index is 14.8. The minimum absolute atomic E-state index is 0.0462. The molecule has 13 heteroatoms. The van der Waals surface area contributed by atoms with Gasteiger partial charge in [0.1, 0.15) is 11.5 Å². The maximum absolute atomic E-state index is 14.8. The lowest BCUT2D eigenvalue weighted by molar-refractivity contribution is -0.230. The Morgan fingerprint density at radius 1 is 1.30 bits per heavy atom. The van der Waals surface area contributed by atoms with Crippen LogP contribution in [-0.4, -0.2) is 61.3 Å². The highest BCUT2D eigenvalue weighted by Gasteiger charge is 2.53. The summed E-state index contributed by atoms with van der Waals surface area (Å²) in [6, 6.07) is 6.88. The minimum atomic E-state index is -4.02. The number of halogens is 4. The SMILES string of the molecule is CCCn1nnc(-c2ccc(-c3ccc(N4CC(C(O)(F)C(F)F)OC4=O)cc3F)cn2)n1. The van der Waals surface area contributed by atoms with Crippen LogP contribution < -0.4 is 4.90 Å². The molecule has 0 spiro atoms. The molecule has 1 aliphatic rings. The van der Waals surface area contributed by atoms with Gasteiger partial charge >= 0.3 is 11.9 Å². The third-order valence-electron chi connectivity index (χ3n) is 5.01. The number of benzene rings is 1. The molecule has 2 aromatic heterocycles. The molecular weight excluding hydrogens is 448 g/mol. The molecule has 33 heavy (non-hydrogen) atoms. The van der Waals surface area contributed by atoms with Crippen LogP contribution in [0.15, 0.2) is 36.5 Å². The summed E-state index contributed by atoms with van der Waals surface area (Å²) in [5.41, 5.74) is 0.970. The zero-order chi connectivity index (χ0) is 23.8. The highest BCUT2D eigenvalue weighted by atomic mass is 19.3. The van der Waals surface area contributed by atoms with Crippen molar-refractivity contribution in [2.24, 2.45) is 0 Å². The average molecular weight is 466 g/mol. The van der Waals surface area contributed by atoms with E-state index in [0.29, 0.717) is 23.6 Å². The summed E-state index contributed by atoms with van der Waals surface area (Å²) >= 11 is 0. The monoisotopic (exact) mass is 466 g/mol. The van der Waals surface area contributed by atoms with Gasteiger partial charge in [0.2, 0.25) is 5.82 Å². The van der Waals surface area contributed by atoms with Crippen LogP contribution in [0.1, 0.15) is 13.3 Å². The number of cyclic esters (lactones) is 1. The zero-order valence-corrected chi connectivity index (χ0v) is 17.2. The van der Waals surface area contributed by atoms with Crippen molar-refractivity contribution in [3.05, 3.63) is 42.3 Å². The van der Waals surface area contributed by atoms with Gasteiger partial charge in [-0.3, -0.25) is 9.88 Å². The third-order valence-corrected chi connectivity index (χ3v) is 5.01. The van der Waals surface area contributed by atoms with E-state index in [4.69, 9.17) is 0 Å². The molecule has 0 radical (unpaired) electrons. The highest BCUT2D eigenvalue weighted by molar-refractivity contribution is 5.90. The quantitative estimate of drug-likeness (QED) is 0.533. The summed E-state index contributed by atoms with van der Waals surface area (Å²) in [6.07, 6.45) is -4.82. The van der Waals surface area contributed by atoms with Crippen LogP contribution in [0.3, 0.4) is 0 Å². The van der Waals surface area contributed by atoms with Crippen molar-refractivity contribution in [1.29, 1.82) is 0 Å². The van der Waals surface area contributed by atoms with Crippen LogP contribution in [0, 0.1) is 5.82 Å². The summed E-state index contributed by atoms with van der Waals surface area (Å²) in [7, 11) is 0. The number of carbonyl (C=O) groups is 1. The minimum Gasteiger partial charge on any atom is -0.438 e. The van der Waals surface area contributed by atoms with E-state index >= 15 is 0 Å². The summed E-state index contributed by atoms with van der Waals surface area (Å²) in [5, 5.41) is 21.3. The Hall–Kier alpha value is -3.61. The fourth-order valence-electron chi connectivity index (χ4n) is 3.26. The predicted molar refractivity (Wildman–Crippen MR) is 106 cm³/mol. The van der Waals surface area contributed by atoms with Crippen LogP contribution in [0.25, 0.3) is 22.6 Å². The first-order valence-electron chi connectivity index (χ1n) is 9.92. The van der Waals surface area contributed by atoms with E-state index in [-0.39, 0.29) is 11.3 Å². The van der Waals surface area contributed by atoms with Gasteiger partial charge in [-0.2, -0.15) is 4.80 Å². The smallest absolute Gasteiger partial charge is 0.414 e. The Bertz CT molecular complexity index is 1150. The first-order chi connectivity index (χ1) is 15.7. The predicted octanol–water partition coefficient (Wildman–Crippen LogP) is 3.20. The molecule has 0 saturated carbocycles. The number of hydrogen-bond donors (Lipinski definition) is 1. The number of ether oxygens (including phenoxy) is 1. The molecule has 1 aliphatic heterocycles. The Morgan fingerprint density at radius 2 is 2.09 bits per heavy atom. The lowest BCUT2D eigenvalue weighted by atomic mass is 10.1. The highest BCUT2D eigenvalue weighted by Crippen LogP contribution is 2.33. The van der Waals surface area contributed by atoms with Gasteiger partial charge in [-0.15, -0.1) is 10.2 Å². The molecule has 1 N–H and O–H groups in total. The van der Waals surface area contributed by atoms with Crippen LogP contribution in [0.2, 0.25) is 0 Å². The molecule has 9 nitrogen and oxygen atoms in total. The number of anilines is 1. The Labute approximate surface area is 184 Å². The standard InChI is InChI=1S/C20H18F4N6O3/c1-2-7-30-27-17(26-28-30)15-6-3-11(9-25-15)13-5-4-12(8-14(13)21)29-10-16(33-19(29)31)20(24,32)18(22)23/h3-6,8-9,16,18,32H,2,7,10H2,1H3. The van der Waals surface area contributed by atoms with Gasteiger partial charge in [0.15, 0.2) is 6.10 Å². The molecule has 3 aromatic rings. The summed E-state index contributed by atoms with van der Waals surface area (Å²) in [5.74, 6) is -4.44. The molecule has 2 atom stereocenters. The molecule has 1 amide bonds. The normalized spacial score (nSPS) is 18.0. The second-order valence-corrected chi connectivity index (χ2v) is 7.32. The summed E-state index contributed by atoms with van der Waals surface area (Å²) in [6.45, 7) is 1.88. The fourth-order valence-corrected chi connectivity index (χ4v) is 3.26. The van der Waals surface area contributed by atoms with Crippen LogP contribution >= 0.6 is 0 Å². The van der Waals surface area contributed by atoms with Crippen molar-refractivity contribution in [2.45, 2.75) is 38.3 Å². The van der Waals surface area contributed by atoms with Crippen LogP contribution in [-0.2, 0) is 11.3 Å². The number of nitrogens with zero attached hydrogens (tertiary/aromatic N) is 6. The Morgan fingerprint density at radius 3 is 2.73 bits per heavy atom. The summed E-state index contributed by atoms with van der Waals surface area (Å²) < 4.78 is 58.4. The van der Waals surface area contributed by atoms with E-state index in [1.54, 1.807) is 12.1 Å². The maximum Gasteiger partial charge on any atom is 0.414 e. The number of hydrogen-bond acceptors (Lipinski definition) is 7. The van der Waals surface area contributed by atoms with Gasteiger partial charge in [-0.25, -0.2) is 22.4 Å². The summed E-state index contributed by atoms with van der Waals surface area (Å²) in [4.78, 5) is 18.4. The van der Waals surface area contributed by atoms with E-state index < -0.39 is 36.8 Å². The second-order valence-electron chi connectivity index (χ2n) is 7.32. The second kappa shape index (κ2) is 8.73. The molecule has 2 unspecified atom stereocenters. The largest absolute Gasteiger partial charge is 0.438 e. The number of rotatable bonds is 7. The number of alkyl halides is 3. The molecule has 3 heterocycles. The van der Waals surface area contributed by atoms with Crippen molar-refractivity contribution in [1.82, 2.24) is 25.2 Å². The van der Waals surface area contributed by atoms with Crippen molar-refractivity contribution in [2.75, 3.05) is 11.4 Å². The Kier molecular flexibility index (Phi) is 5.97. The number of amides is 1. The number of pyridine rings is 1. The molecule has 1 aromatic carbocycles. The molecule has 1 saturated heterocycles. The van der Waals surface area contributed by atoms with Crippen molar-refractivity contribution in [3.8, 4) is 22.6 Å². The number of aromatic nitrogens is 5. The van der Waals surface area contributed by atoms with Crippen molar-refractivity contribution < 1.29 is 32.2 Å². The zero-order valence-electron chi connectivity index (χ0n) is 17.2. The first kappa shape index (κ1) is 22.6. The first-order valence-corrected chi connectivity index (χ1v) is 9.92. The Balaban J connectivity index is 1.52. The van der Waals surface area contributed by atoms with Gasteiger partial charge in [-0.05, 0) is 35.9 Å². The molecule has 174 valence electrons. The molecule has 1 fully saturated rings. The third kappa shape index (κ3) is 4.35. The van der Waals surface area contributed by atoms with E-state index in [0.717, 1.165) is 17.4 Å². The van der Waals surface area contributed by atoms with E-state index in [2.05, 4.69) is 25.1 Å². The van der Waals surface area contributed by atoms with Crippen LogP contribution in [0.4, 0.5) is 28.0 Å². The number of carbonyl (C=O) groups excluding carboxylic acids is 1. The molecule has 4 rings (SSSR count). The molecule has 0 bridgehead atoms. The number of aliphatic hydroxyl groups is 1. The van der Waals surface area contributed by atoms with Gasteiger partial charge in [-0.1, -0.05) is 13.0 Å². The number of tetrazole rings is 1. The van der Waals surface area contributed by atoms with Crippen molar-refractivity contribution >= 4 is 11.8 Å². The van der Waals surface area contributed by atoms with Gasteiger partial charge in [0.25, 0.3) is 6.43 Å². The van der Waals surface area contributed by atoms with E-state index in [9.17, 15) is 27.5 Å². The topological polar surface area (TPSA) is 106 Å². The van der Waals surface area contributed by atoms with Crippen LogP contribution in [0.5, 0.6) is 0 Å². The average Bonchev–Trinajstić information content (AvgIpc) is 3.41. The molecule has 0 aliphatic carbocycles. The van der Waals surface area contributed by atoms with Gasteiger partial charge in [0.05, 0.1) is 18.8 Å². The van der Waals surface area contributed by atoms with E-state index in [1.165, 1.54) is 23.1 Å². The fraction of sp³-hybridized carbons (Fsp3) is 0.350. The van der Waals surface area contributed by atoms with Gasteiger partial charge in [0, 0.05) is 17.3 Å². The van der Waals surface area contributed by atoms with E-state index in [1.807, 2.05) is 6.92 Å². The molecular formula is C20H18F4N6O3.